The van der Waals surface area contributed by atoms with E-state index in [4.69, 9.17) is 28.4 Å². The molecule has 2 aromatic rings. The molecule has 6 heteroatoms. The molecule has 2 rings (SSSR count). The topological polar surface area (TPSA) is 55.4 Å². The Morgan fingerprint density at radius 1 is 0.593 bits per heavy atom. The Kier molecular flexibility index (Phi) is 6.82. The standard InChI is InChI=1S/C21H26O6/c1-8-15(13-9-16(22-2)20(26-6)17(10-13)23-3)14-11-18(24-4)21(27-7)19(12-14)25-5/h8-12,15H,1H2,2-7H3. The van der Waals surface area contributed by atoms with Gasteiger partial charge in [0.2, 0.25) is 11.5 Å². The smallest absolute Gasteiger partial charge is 0.203 e. The van der Waals surface area contributed by atoms with Crippen LogP contribution in [0, 0.1) is 0 Å². The van der Waals surface area contributed by atoms with E-state index in [1.165, 1.54) is 0 Å². The minimum absolute atomic E-state index is 0.160. The van der Waals surface area contributed by atoms with Crippen LogP contribution < -0.4 is 28.4 Å². The molecule has 0 amide bonds. The van der Waals surface area contributed by atoms with Crippen LogP contribution in [0.4, 0.5) is 0 Å². The van der Waals surface area contributed by atoms with E-state index < -0.39 is 0 Å². The molecule has 0 saturated heterocycles. The number of rotatable bonds is 9. The van der Waals surface area contributed by atoms with E-state index >= 15 is 0 Å². The zero-order valence-corrected chi connectivity index (χ0v) is 16.6. The molecule has 146 valence electrons. The summed E-state index contributed by atoms with van der Waals surface area (Å²) < 4.78 is 32.7. The van der Waals surface area contributed by atoms with Crippen molar-refractivity contribution in [3.8, 4) is 34.5 Å². The molecule has 6 nitrogen and oxygen atoms in total. The molecule has 0 fully saturated rings. The fourth-order valence-electron chi connectivity index (χ4n) is 3.03. The molecule has 0 aliphatic heterocycles. The summed E-state index contributed by atoms with van der Waals surface area (Å²) in [6.07, 6.45) is 1.83. The summed E-state index contributed by atoms with van der Waals surface area (Å²) in [7, 11) is 9.49. The van der Waals surface area contributed by atoms with Gasteiger partial charge in [-0.3, -0.25) is 0 Å². The molecule has 27 heavy (non-hydrogen) atoms. The van der Waals surface area contributed by atoms with Gasteiger partial charge in [-0.05, 0) is 35.4 Å². The molecular formula is C21H26O6. The maximum absolute atomic E-state index is 5.47. The first-order valence-corrected chi connectivity index (χ1v) is 8.30. The highest BCUT2D eigenvalue weighted by Gasteiger charge is 2.21. The van der Waals surface area contributed by atoms with Crippen LogP contribution in [-0.4, -0.2) is 42.7 Å². The Bertz CT molecular complexity index is 686. The van der Waals surface area contributed by atoms with E-state index in [1.54, 1.807) is 42.7 Å². The summed E-state index contributed by atoms with van der Waals surface area (Å²) in [5, 5.41) is 0. The number of benzene rings is 2. The van der Waals surface area contributed by atoms with Crippen molar-refractivity contribution in [3.05, 3.63) is 48.0 Å². The highest BCUT2D eigenvalue weighted by Crippen LogP contribution is 2.45. The van der Waals surface area contributed by atoms with Gasteiger partial charge in [0.25, 0.3) is 0 Å². The average Bonchev–Trinajstić information content (AvgIpc) is 2.72. The summed E-state index contributed by atoms with van der Waals surface area (Å²) >= 11 is 0. The minimum atomic E-state index is -0.160. The van der Waals surface area contributed by atoms with E-state index in [-0.39, 0.29) is 5.92 Å². The fourth-order valence-corrected chi connectivity index (χ4v) is 3.03. The van der Waals surface area contributed by atoms with Crippen LogP contribution in [0.1, 0.15) is 17.0 Å². The van der Waals surface area contributed by atoms with Gasteiger partial charge in [-0.15, -0.1) is 6.58 Å². The zero-order chi connectivity index (χ0) is 20.0. The van der Waals surface area contributed by atoms with Gasteiger partial charge < -0.3 is 28.4 Å². The van der Waals surface area contributed by atoms with Gasteiger partial charge in [0.15, 0.2) is 23.0 Å². The summed E-state index contributed by atoms with van der Waals surface area (Å²) in [6.45, 7) is 4.00. The number of methoxy groups -OCH3 is 6. The Balaban J connectivity index is 2.65. The molecule has 0 aliphatic rings. The van der Waals surface area contributed by atoms with Gasteiger partial charge in [0, 0.05) is 5.92 Å². The molecule has 2 aromatic carbocycles. The molecule has 0 spiro atoms. The molecule has 0 atom stereocenters. The minimum Gasteiger partial charge on any atom is -0.493 e. The first-order chi connectivity index (χ1) is 13.1. The number of ether oxygens (including phenoxy) is 6. The summed E-state index contributed by atoms with van der Waals surface area (Å²) in [5.74, 6) is 3.22. The van der Waals surface area contributed by atoms with Crippen molar-refractivity contribution < 1.29 is 28.4 Å². The van der Waals surface area contributed by atoms with Gasteiger partial charge in [-0.25, -0.2) is 0 Å². The third kappa shape index (κ3) is 3.89. The second-order valence-corrected chi connectivity index (χ2v) is 5.63. The second-order valence-electron chi connectivity index (χ2n) is 5.63. The van der Waals surface area contributed by atoms with Gasteiger partial charge in [0.1, 0.15) is 0 Å². The molecule has 0 heterocycles. The van der Waals surface area contributed by atoms with Gasteiger partial charge in [-0.2, -0.15) is 0 Å². The Morgan fingerprint density at radius 3 is 1.07 bits per heavy atom. The predicted octanol–water partition coefficient (Wildman–Crippen LogP) is 4.06. The van der Waals surface area contributed by atoms with Crippen LogP contribution in [0.5, 0.6) is 34.5 Å². The Morgan fingerprint density at radius 2 is 0.889 bits per heavy atom. The maximum Gasteiger partial charge on any atom is 0.203 e. The van der Waals surface area contributed by atoms with E-state index in [9.17, 15) is 0 Å². The monoisotopic (exact) mass is 374 g/mol. The molecule has 0 unspecified atom stereocenters. The number of allylic oxidation sites excluding steroid dienone is 1. The third-order valence-electron chi connectivity index (χ3n) is 4.33. The SMILES string of the molecule is C=CC(c1cc(OC)c(OC)c(OC)c1)c1cc(OC)c(OC)c(OC)c1. The largest absolute Gasteiger partial charge is 0.493 e. The predicted molar refractivity (Wildman–Crippen MR) is 104 cm³/mol. The van der Waals surface area contributed by atoms with Gasteiger partial charge >= 0.3 is 0 Å². The molecule has 0 aromatic heterocycles. The van der Waals surface area contributed by atoms with Crippen molar-refractivity contribution in [3.63, 3.8) is 0 Å². The van der Waals surface area contributed by atoms with E-state index in [0.29, 0.717) is 34.5 Å². The van der Waals surface area contributed by atoms with Crippen LogP contribution in [0.15, 0.2) is 36.9 Å². The molecule has 0 aliphatic carbocycles. The lowest BCUT2D eigenvalue weighted by molar-refractivity contribution is 0.323. The first kappa shape index (κ1) is 20.3. The highest BCUT2D eigenvalue weighted by molar-refractivity contribution is 5.59. The van der Waals surface area contributed by atoms with Crippen molar-refractivity contribution in [1.82, 2.24) is 0 Å². The molecule has 0 N–H and O–H groups in total. The summed E-state index contributed by atoms with van der Waals surface area (Å²) in [5.41, 5.74) is 1.85. The van der Waals surface area contributed by atoms with Crippen molar-refractivity contribution in [2.45, 2.75) is 5.92 Å². The molecule has 0 saturated carbocycles. The molecule has 0 radical (unpaired) electrons. The normalized spacial score (nSPS) is 10.3. The van der Waals surface area contributed by atoms with Crippen LogP contribution >= 0.6 is 0 Å². The molecule has 0 bridgehead atoms. The van der Waals surface area contributed by atoms with Crippen molar-refractivity contribution in [2.75, 3.05) is 42.7 Å². The van der Waals surface area contributed by atoms with E-state index in [1.807, 2.05) is 30.3 Å². The van der Waals surface area contributed by atoms with Crippen LogP contribution in [0.3, 0.4) is 0 Å². The average molecular weight is 374 g/mol. The van der Waals surface area contributed by atoms with Crippen molar-refractivity contribution in [2.24, 2.45) is 0 Å². The van der Waals surface area contributed by atoms with Crippen LogP contribution in [-0.2, 0) is 0 Å². The fraction of sp³-hybridized carbons (Fsp3) is 0.333. The van der Waals surface area contributed by atoms with E-state index in [2.05, 4.69) is 6.58 Å². The highest BCUT2D eigenvalue weighted by atomic mass is 16.5. The Hall–Kier alpha value is -3.02. The summed E-state index contributed by atoms with van der Waals surface area (Å²) in [6, 6.07) is 7.60. The zero-order valence-electron chi connectivity index (χ0n) is 16.6. The lowest BCUT2D eigenvalue weighted by atomic mass is 9.90. The maximum atomic E-state index is 5.47. The third-order valence-corrected chi connectivity index (χ3v) is 4.33. The number of hydrogen-bond donors (Lipinski definition) is 0. The summed E-state index contributed by atoms with van der Waals surface area (Å²) in [4.78, 5) is 0. The lowest BCUT2D eigenvalue weighted by Crippen LogP contribution is -2.03. The van der Waals surface area contributed by atoms with Gasteiger partial charge in [-0.1, -0.05) is 6.08 Å². The first-order valence-electron chi connectivity index (χ1n) is 8.30. The second kappa shape index (κ2) is 9.07. The van der Waals surface area contributed by atoms with Crippen molar-refractivity contribution in [1.29, 1.82) is 0 Å². The Labute approximate surface area is 160 Å². The quantitative estimate of drug-likeness (QED) is 0.617. The lowest BCUT2D eigenvalue weighted by Gasteiger charge is -2.21. The van der Waals surface area contributed by atoms with Crippen LogP contribution in [0.25, 0.3) is 0 Å². The van der Waals surface area contributed by atoms with E-state index in [0.717, 1.165) is 11.1 Å². The molecular weight excluding hydrogens is 348 g/mol. The van der Waals surface area contributed by atoms with Crippen molar-refractivity contribution >= 4 is 0 Å². The van der Waals surface area contributed by atoms with Crippen LogP contribution in [0.2, 0.25) is 0 Å². The number of hydrogen-bond acceptors (Lipinski definition) is 6. The van der Waals surface area contributed by atoms with Gasteiger partial charge in [0.05, 0.1) is 42.7 Å².